The summed E-state index contributed by atoms with van der Waals surface area (Å²) in [5.74, 6) is 1.37. The molecule has 5 nitrogen and oxygen atoms in total. The van der Waals surface area contributed by atoms with E-state index in [9.17, 15) is 8.42 Å². The van der Waals surface area contributed by atoms with Crippen LogP contribution in [0.4, 0.5) is 0 Å². The molecule has 0 bridgehead atoms. The van der Waals surface area contributed by atoms with Gasteiger partial charge in [0, 0.05) is 13.1 Å². The average Bonchev–Trinajstić information content (AvgIpc) is 2.95. The van der Waals surface area contributed by atoms with Crippen molar-refractivity contribution in [1.29, 1.82) is 0 Å². The van der Waals surface area contributed by atoms with Crippen molar-refractivity contribution in [3.63, 3.8) is 0 Å². The monoisotopic (exact) mass is 375 g/mol. The van der Waals surface area contributed by atoms with Crippen LogP contribution in [0.15, 0.2) is 53.4 Å². The molecule has 1 heterocycles. The zero-order chi connectivity index (χ0) is 18.6. The van der Waals surface area contributed by atoms with Gasteiger partial charge in [0.05, 0.1) is 14.2 Å². The van der Waals surface area contributed by atoms with Gasteiger partial charge >= 0.3 is 0 Å². The molecule has 140 valence electrons. The third-order valence-corrected chi connectivity index (χ3v) is 6.81. The van der Waals surface area contributed by atoms with Crippen molar-refractivity contribution < 1.29 is 17.9 Å². The number of sulfonamides is 1. The maximum absolute atomic E-state index is 13.2. The summed E-state index contributed by atoms with van der Waals surface area (Å²) in [6, 6.07) is 14.7. The normalized spacial score (nSPS) is 18.9. The SMILES string of the molecule is COc1ccc(C2CCCCN(S(=O)(=O)c3ccccc3OC)C2)cc1. The number of ether oxygens (including phenoxy) is 2. The van der Waals surface area contributed by atoms with Crippen LogP contribution in [0.1, 0.15) is 30.7 Å². The maximum Gasteiger partial charge on any atom is 0.246 e. The molecule has 26 heavy (non-hydrogen) atoms. The number of hydrogen-bond acceptors (Lipinski definition) is 4. The Labute approximate surface area is 155 Å². The highest BCUT2D eigenvalue weighted by Gasteiger charge is 2.31. The maximum atomic E-state index is 13.2. The Hall–Kier alpha value is -2.05. The Morgan fingerprint density at radius 3 is 2.38 bits per heavy atom. The first-order chi connectivity index (χ1) is 12.6. The van der Waals surface area contributed by atoms with E-state index in [1.165, 1.54) is 7.11 Å². The van der Waals surface area contributed by atoms with E-state index in [-0.39, 0.29) is 10.8 Å². The second kappa shape index (κ2) is 8.10. The van der Waals surface area contributed by atoms with E-state index in [0.717, 1.165) is 30.6 Å². The fraction of sp³-hybridized carbons (Fsp3) is 0.400. The smallest absolute Gasteiger partial charge is 0.246 e. The zero-order valence-electron chi connectivity index (χ0n) is 15.2. The Morgan fingerprint density at radius 1 is 0.962 bits per heavy atom. The Morgan fingerprint density at radius 2 is 1.69 bits per heavy atom. The van der Waals surface area contributed by atoms with Gasteiger partial charge in [-0.15, -0.1) is 0 Å². The van der Waals surface area contributed by atoms with Gasteiger partial charge in [0.15, 0.2) is 0 Å². The second-order valence-electron chi connectivity index (χ2n) is 6.48. The minimum atomic E-state index is -3.60. The molecule has 0 aliphatic carbocycles. The van der Waals surface area contributed by atoms with Crippen LogP contribution in [0.25, 0.3) is 0 Å². The van der Waals surface area contributed by atoms with Gasteiger partial charge in [-0.05, 0) is 48.6 Å². The lowest BCUT2D eigenvalue weighted by molar-refractivity contribution is 0.386. The van der Waals surface area contributed by atoms with Crippen molar-refractivity contribution in [3.05, 3.63) is 54.1 Å². The summed E-state index contributed by atoms with van der Waals surface area (Å²) in [6.45, 7) is 1.01. The third-order valence-electron chi connectivity index (χ3n) is 4.91. The predicted octanol–water partition coefficient (Wildman–Crippen LogP) is 3.66. The third kappa shape index (κ3) is 3.86. The standard InChI is InChI=1S/C20H25NO4S/c1-24-18-12-10-16(11-13-18)17-7-5-6-14-21(15-17)26(22,23)20-9-4-3-8-19(20)25-2/h3-4,8-13,17H,5-7,14-15H2,1-2H3. The molecule has 0 amide bonds. The predicted molar refractivity (Wildman–Crippen MR) is 101 cm³/mol. The van der Waals surface area contributed by atoms with Gasteiger partial charge in [-0.25, -0.2) is 8.42 Å². The van der Waals surface area contributed by atoms with Crippen LogP contribution in [-0.2, 0) is 10.0 Å². The Balaban J connectivity index is 1.88. The van der Waals surface area contributed by atoms with Crippen LogP contribution in [0, 0.1) is 0 Å². The highest BCUT2D eigenvalue weighted by molar-refractivity contribution is 7.89. The van der Waals surface area contributed by atoms with Crippen LogP contribution in [0.5, 0.6) is 11.5 Å². The van der Waals surface area contributed by atoms with Crippen molar-refractivity contribution in [3.8, 4) is 11.5 Å². The first-order valence-corrected chi connectivity index (χ1v) is 10.3. The van der Waals surface area contributed by atoms with Gasteiger partial charge in [-0.2, -0.15) is 4.31 Å². The highest BCUT2D eigenvalue weighted by atomic mass is 32.2. The number of benzene rings is 2. The first-order valence-electron chi connectivity index (χ1n) is 8.83. The molecule has 0 radical (unpaired) electrons. The van der Waals surface area contributed by atoms with Gasteiger partial charge < -0.3 is 9.47 Å². The molecule has 0 saturated carbocycles. The molecule has 1 saturated heterocycles. The number of nitrogens with zero attached hydrogens (tertiary/aromatic N) is 1. The van der Waals surface area contributed by atoms with E-state index in [4.69, 9.17) is 9.47 Å². The topological polar surface area (TPSA) is 55.8 Å². The van der Waals surface area contributed by atoms with Crippen molar-refractivity contribution >= 4 is 10.0 Å². The fourth-order valence-electron chi connectivity index (χ4n) is 3.44. The van der Waals surface area contributed by atoms with Crippen LogP contribution in [0.2, 0.25) is 0 Å². The summed E-state index contributed by atoms with van der Waals surface area (Å²) in [6.07, 6.45) is 2.85. The van der Waals surface area contributed by atoms with E-state index < -0.39 is 10.0 Å². The molecule has 2 aromatic rings. The highest BCUT2D eigenvalue weighted by Crippen LogP contribution is 2.32. The number of rotatable bonds is 5. The summed E-state index contributed by atoms with van der Waals surface area (Å²) < 4.78 is 38.5. The molecule has 1 unspecified atom stereocenters. The molecule has 6 heteroatoms. The van der Waals surface area contributed by atoms with Gasteiger partial charge in [0.25, 0.3) is 0 Å². The molecule has 3 rings (SSSR count). The summed E-state index contributed by atoms with van der Waals surface area (Å²) in [5.41, 5.74) is 1.15. The van der Waals surface area contributed by atoms with Gasteiger partial charge in [-0.1, -0.05) is 30.7 Å². The molecule has 1 aliphatic heterocycles. The second-order valence-corrected chi connectivity index (χ2v) is 8.39. The van der Waals surface area contributed by atoms with Crippen molar-refractivity contribution in [2.45, 2.75) is 30.1 Å². The van der Waals surface area contributed by atoms with Crippen LogP contribution >= 0.6 is 0 Å². The lowest BCUT2D eigenvalue weighted by Crippen LogP contribution is -2.34. The molecule has 1 atom stereocenters. The molecule has 0 spiro atoms. The quantitative estimate of drug-likeness (QED) is 0.800. The van der Waals surface area contributed by atoms with Gasteiger partial charge in [0.1, 0.15) is 16.4 Å². The Kier molecular flexibility index (Phi) is 5.84. The number of hydrogen-bond donors (Lipinski definition) is 0. The largest absolute Gasteiger partial charge is 0.497 e. The molecule has 0 aromatic heterocycles. The lowest BCUT2D eigenvalue weighted by atomic mass is 9.94. The molecule has 0 N–H and O–H groups in total. The van der Waals surface area contributed by atoms with Crippen molar-refractivity contribution in [2.24, 2.45) is 0 Å². The van der Waals surface area contributed by atoms with E-state index in [2.05, 4.69) is 0 Å². The zero-order valence-corrected chi connectivity index (χ0v) is 16.0. The summed E-state index contributed by atoms with van der Waals surface area (Å²) in [7, 11) is -0.460. The Bertz CT molecular complexity index is 833. The minimum absolute atomic E-state index is 0.174. The summed E-state index contributed by atoms with van der Waals surface area (Å²) in [5, 5.41) is 0. The van der Waals surface area contributed by atoms with Crippen LogP contribution < -0.4 is 9.47 Å². The fourth-order valence-corrected chi connectivity index (χ4v) is 5.12. The average molecular weight is 375 g/mol. The lowest BCUT2D eigenvalue weighted by Gasteiger charge is -2.25. The molecule has 1 fully saturated rings. The number of para-hydroxylation sites is 1. The molecule has 1 aliphatic rings. The van der Waals surface area contributed by atoms with E-state index in [1.807, 2.05) is 24.3 Å². The van der Waals surface area contributed by atoms with Gasteiger partial charge in [-0.3, -0.25) is 0 Å². The number of methoxy groups -OCH3 is 2. The first kappa shape index (κ1) is 18.7. The van der Waals surface area contributed by atoms with Crippen molar-refractivity contribution in [2.75, 3.05) is 27.3 Å². The van der Waals surface area contributed by atoms with Crippen LogP contribution in [0.3, 0.4) is 0 Å². The van der Waals surface area contributed by atoms with Gasteiger partial charge in [0.2, 0.25) is 10.0 Å². The van der Waals surface area contributed by atoms with Crippen LogP contribution in [-0.4, -0.2) is 40.0 Å². The summed E-state index contributed by atoms with van der Waals surface area (Å²) in [4.78, 5) is 0.234. The summed E-state index contributed by atoms with van der Waals surface area (Å²) >= 11 is 0. The molecular formula is C20H25NO4S. The molecule has 2 aromatic carbocycles. The van der Waals surface area contributed by atoms with E-state index in [0.29, 0.717) is 18.8 Å². The van der Waals surface area contributed by atoms with Crippen molar-refractivity contribution in [1.82, 2.24) is 4.31 Å². The minimum Gasteiger partial charge on any atom is -0.497 e. The van der Waals surface area contributed by atoms with E-state index >= 15 is 0 Å². The molecular weight excluding hydrogens is 350 g/mol. The van der Waals surface area contributed by atoms with E-state index in [1.54, 1.807) is 35.7 Å².